The predicted molar refractivity (Wildman–Crippen MR) is 75.8 cm³/mol. The van der Waals surface area contributed by atoms with E-state index in [9.17, 15) is 4.79 Å². The number of nitrogen functional groups attached to an aromatic ring is 1. The first-order chi connectivity index (χ1) is 8.61. The van der Waals surface area contributed by atoms with Crippen LogP contribution in [0.3, 0.4) is 0 Å². The normalized spacial score (nSPS) is 23.0. The zero-order valence-electron chi connectivity index (χ0n) is 10.8. The molecule has 4 nitrogen and oxygen atoms in total. The molecule has 98 valence electrons. The molecule has 0 spiro atoms. The van der Waals surface area contributed by atoms with Gasteiger partial charge >= 0.3 is 0 Å². The maximum absolute atomic E-state index is 12.2. The van der Waals surface area contributed by atoms with Gasteiger partial charge in [0.1, 0.15) is 0 Å². The lowest BCUT2D eigenvalue weighted by Gasteiger charge is -2.19. The molecule has 0 bridgehead atoms. The Morgan fingerprint density at radius 3 is 3.00 bits per heavy atom. The summed E-state index contributed by atoms with van der Waals surface area (Å²) in [4.78, 5) is 16.3. The first-order valence-corrected chi connectivity index (χ1v) is 7.46. The van der Waals surface area contributed by atoms with Crippen molar-refractivity contribution in [1.29, 1.82) is 0 Å². The maximum Gasteiger partial charge on any atom is 0.255 e. The van der Waals surface area contributed by atoms with Gasteiger partial charge in [-0.3, -0.25) is 9.78 Å². The Labute approximate surface area is 112 Å². The van der Waals surface area contributed by atoms with Crippen LogP contribution in [0, 0.1) is 6.92 Å². The molecule has 2 unspecified atom stereocenters. The number of thioether (sulfide) groups is 1. The van der Waals surface area contributed by atoms with Crippen LogP contribution in [0.25, 0.3) is 0 Å². The molecular formula is C13H19N3OS. The molecule has 2 atom stereocenters. The average Bonchev–Trinajstić information content (AvgIpc) is 2.76. The van der Waals surface area contributed by atoms with Gasteiger partial charge in [-0.1, -0.05) is 6.42 Å². The number of nitrogens with zero attached hydrogens (tertiary/aromatic N) is 1. The first-order valence-electron chi connectivity index (χ1n) is 6.17. The van der Waals surface area contributed by atoms with E-state index in [4.69, 9.17) is 5.73 Å². The molecule has 1 aromatic rings. The van der Waals surface area contributed by atoms with Gasteiger partial charge in [-0.2, -0.15) is 11.8 Å². The Hall–Kier alpha value is -1.23. The lowest BCUT2D eigenvalue weighted by molar-refractivity contribution is 0.0939. The molecule has 1 saturated carbocycles. The highest BCUT2D eigenvalue weighted by atomic mass is 32.2. The summed E-state index contributed by atoms with van der Waals surface area (Å²) in [6, 6.07) is 1.99. The van der Waals surface area contributed by atoms with E-state index < -0.39 is 0 Å². The number of carbonyl (C=O) groups is 1. The van der Waals surface area contributed by atoms with Crippen LogP contribution in [0.15, 0.2) is 12.3 Å². The maximum atomic E-state index is 12.2. The van der Waals surface area contributed by atoms with Crippen LogP contribution >= 0.6 is 11.8 Å². The predicted octanol–water partition coefficient (Wildman–Crippen LogP) is 1.99. The minimum atomic E-state index is -0.106. The highest BCUT2D eigenvalue weighted by molar-refractivity contribution is 7.99. The van der Waals surface area contributed by atoms with Gasteiger partial charge in [0.15, 0.2) is 0 Å². The Morgan fingerprint density at radius 1 is 1.56 bits per heavy atom. The molecule has 1 heterocycles. The molecule has 0 radical (unpaired) electrons. The molecule has 1 fully saturated rings. The van der Waals surface area contributed by atoms with Crippen LogP contribution in [0.4, 0.5) is 5.69 Å². The van der Waals surface area contributed by atoms with E-state index in [-0.39, 0.29) is 11.9 Å². The van der Waals surface area contributed by atoms with Crippen molar-refractivity contribution in [2.24, 2.45) is 0 Å². The van der Waals surface area contributed by atoms with Gasteiger partial charge in [-0.25, -0.2) is 0 Å². The van der Waals surface area contributed by atoms with Gasteiger partial charge < -0.3 is 11.1 Å². The number of hydrogen-bond acceptors (Lipinski definition) is 4. The quantitative estimate of drug-likeness (QED) is 0.877. The van der Waals surface area contributed by atoms with Gasteiger partial charge in [0.25, 0.3) is 5.91 Å². The summed E-state index contributed by atoms with van der Waals surface area (Å²) in [6.07, 6.45) is 7.06. The van der Waals surface area contributed by atoms with E-state index in [1.54, 1.807) is 12.3 Å². The fraction of sp³-hybridized carbons (Fsp3) is 0.538. The summed E-state index contributed by atoms with van der Waals surface area (Å²) in [5.74, 6) is -0.106. The minimum Gasteiger partial charge on any atom is -0.398 e. The Balaban J connectivity index is 2.07. The van der Waals surface area contributed by atoms with Crippen molar-refractivity contribution in [2.75, 3.05) is 12.0 Å². The van der Waals surface area contributed by atoms with Crippen LogP contribution < -0.4 is 11.1 Å². The third-order valence-electron chi connectivity index (χ3n) is 3.39. The number of nitrogens with one attached hydrogen (secondary N) is 1. The third-order valence-corrected chi connectivity index (χ3v) is 4.56. The van der Waals surface area contributed by atoms with E-state index in [2.05, 4.69) is 16.6 Å². The minimum absolute atomic E-state index is 0.106. The number of amides is 1. The van der Waals surface area contributed by atoms with Crippen LogP contribution in [0.1, 0.15) is 35.3 Å². The summed E-state index contributed by atoms with van der Waals surface area (Å²) in [5.41, 5.74) is 7.66. The summed E-state index contributed by atoms with van der Waals surface area (Å²) >= 11 is 1.82. The Kier molecular flexibility index (Phi) is 4.11. The number of pyridine rings is 1. The zero-order valence-corrected chi connectivity index (χ0v) is 11.6. The second kappa shape index (κ2) is 5.61. The van der Waals surface area contributed by atoms with E-state index in [0.29, 0.717) is 16.5 Å². The Bertz CT molecular complexity index is 450. The molecule has 1 aliphatic carbocycles. The second-order valence-corrected chi connectivity index (χ2v) is 5.77. The summed E-state index contributed by atoms with van der Waals surface area (Å²) < 4.78 is 0. The van der Waals surface area contributed by atoms with Crippen molar-refractivity contribution in [3.63, 3.8) is 0 Å². The fourth-order valence-corrected chi connectivity index (χ4v) is 3.33. The van der Waals surface area contributed by atoms with Gasteiger partial charge in [-0.05, 0) is 32.1 Å². The topological polar surface area (TPSA) is 68.0 Å². The molecule has 1 amide bonds. The van der Waals surface area contributed by atoms with Crippen molar-refractivity contribution in [3.8, 4) is 0 Å². The second-order valence-electron chi connectivity index (χ2n) is 4.70. The van der Waals surface area contributed by atoms with Crippen molar-refractivity contribution in [1.82, 2.24) is 10.3 Å². The third kappa shape index (κ3) is 2.77. The largest absolute Gasteiger partial charge is 0.398 e. The molecule has 2 rings (SSSR count). The molecule has 0 saturated heterocycles. The number of anilines is 1. The summed E-state index contributed by atoms with van der Waals surface area (Å²) in [5, 5.41) is 3.60. The number of nitrogens with two attached hydrogens (primary N) is 1. The molecule has 3 N–H and O–H groups in total. The van der Waals surface area contributed by atoms with E-state index in [0.717, 1.165) is 12.1 Å². The standard InChI is InChI=1S/C13H19N3OS/c1-8-6-10(14)9(7-15-8)13(17)16-11-4-3-5-12(11)18-2/h6-7,11-12H,3-5H2,1-2H3,(H2,14,15)(H,16,17). The molecular weight excluding hydrogens is 246 g/mol. The smallest absolute Gasteiger partial charge is 0.255 e. The van der Waals surface area contributed by atoms with Crippen LogP contribution in [-0.2, 0) is 0 Å². The van der Waals surface area contributed by atoms with Crippen LogP contribution in [-0.4, -0.2) is 28.4 Å². The number of carbonyl (C=O) groups excluding carboxylic acids is 1. The molecule has 5 heteroatoms. The number of hydrogen-bond donors (Lipinski definition) is 2. The zero-order chi connectivity index (χ0) is 13.1. The molecule has 1 aliphatic rings. The lowest BCUT2D eigenvalue weighted by Crippen LogP contribution is -2.38. The SMILES string of the molecule is CSC1CCCC1NC(=O)c1cnc(C)cc1N. The van der Waals surface area contributed by atoms with Crippen molar-refractivity contribution in [3.05, 3.63) is 23.5 Å². The first kappa shape index (κ1) is 13.2. The average molecular weight is 265 g/mol. The molecule has 1 aromatic heterocycles. The van der Waals surface area contributed by atoms with Crippen LogP contribution in [0.5, 0.6) is 0 Å². The van der Waals surface area contributed by atoms with Crippen molar-refractivity contribution in [2.45, 2.75) is 37.5 Å². The monoisotopic (exact) mass is 265 g/mol. The van der Waals surface area contributed by atoms with Gasteiger partial charge in [-0.15, -0.1) is 0 Å². The van der Waals surface area contributed by atoms with Crippen LogP contribution in [0.2, 0.25) is 0 Å². The number of aromatic nitrogens is 1. The van der Waals surface area contributed by atoms with Gasteiger partial charge in [0.2, 0.25) is 0 Å². The number of aryl methyl sites for hydroxylation is 1. The van der Waals surface area contributed by atoms with Crippen molar-refractivity contribution < 1.29 is 4.79 Å². The highest BCUT2D eigenvalue weighted by Crippen LogP contribution is 2.28. The fourth-order valence-electron chi connectivity index (χ4n) is 2.39. The molecule has 0 aromatic carbocycles. The highest BCUT2D eigenvalue weighted by Gasteiger charge is 2.28. The van der Waals surface area contributed by atoms with E-state index >= 15 is 0 Å². The summed E-state index contributed by atoms with van der Waals surface area (Å²) in [6.45, 7) is 1.86. The van der Waals surface area contributed by atoms with Gasteiger partial charge in [0, 0.05) is 28.9 Å². The Morgan fingerprint density at radius 2 is 2.33 bits per heavy atom. The van der Waals surface area contributed by atoms with Gasteiger partial charge in [0.05, 0.1) is 5.56 Å². The van der Waals surface area contributed by atoms with E-state index in [1.807, 2.05) is 18.7 Å². The molecule has 0 aliphatic heterocycles. The van der Waals surface area contributed by atoms with Crippen molar-refractivity contribution >= 4 is 23.4 Å². The number of rotatable bonds is 3. The van der Waals surface area contributed by atoms with E-state index in [1.165, 1.54) is 12.8 Å². The lowest BCUT2D eigenvalue weighted by atomic mass is 10.1. The molecule has 18 heavy (non-hydrogen) atoms. The summed E-state index contributed by atoms with van der Waals surface area (Å²) in [7, 11) is 0.